The molecule has 1 saturated heterocycles. The van der Waals surface area contributed by atoms with Crippen LogP contribution in [0.3, 0.4) is 0 Å². The van der Waals surface area contributed by atoms with E-state index in [0.29, 0.717) is 13.0 Å². The first-order valence-electron chi connectivity index (χ1n) is 7.77. The Kier molecular flexibility index (Phi) is 6.14. The molecule has 1 aliphatic rings. The molecule has 1 aromatic rings. The maximum Gasteiger partial charge on any atom is 0.410 e. The van der Waals surface area contributed by atoms with E-state index in [1.165, 1.54) is 4.90 Å². The topological polar surface area (TPSA) is 72.9 Å². The Bertz CT molecular complexity index is 557. The van der Waals surface area contributed by atoms with Crippen LogP contribution < -0.4 is 0 Å². The highest BCUT2D eigenvalue weighted by Gasteiger charge is 2.35. The summed E-state index contributed by atoms with van der Waals surface area (Å²) in [6.45, 7) is 2.55. The smallest absolute Gasteiger partial charge is 0.410 e. The van der Waals surface area contributed by atoms with Gasteiger partial charge in [0.25, 0.3) is 0 Å². The van der Waals surface area contributed by atoms with Crippen LogP contribution in [0.4, 0.5) is 4.79 Å². The molecule has 1 aromatic carbocycles. The van der Waals surface area contributed by atoms with E-state index in [1.807, 2.05) is 30.3 Å². The standard InChI is InChI=1S/C17H21NO5/c1-2-22-16(20)11-15(19)14-9-6-10-18(14)17(21)23-12-13-7-4-3-5-8-13/h3-5,7-8,14H,2,6,9-12H2,1H3. The van der Waals surface area contributed by atoms with Crippen molar-refractivity contribution in [2.24, 2.45) is 0 Å². The maximum atomic E-state index is 12.2. The molecule has 124 valence electrons. The van der Waals surface area contributed by atoms with Crippen molar-refractivity contribution in [3.8, 4) is 0 Å². The van der Waals surface area contributed by atoms with Crippen LogP contribution in [0.5, 0.6) is 0 Å². The predicted molar refractivity (Wildman–Crippen MR) is 82.6 cm³/mol. The summed E-state index contributed by atoms with van der Waals surface area (Å²) < 4.78 is 10.0. The Balaban J connectivity index is 1.88. The number of carbonyl (C=O) groups is 3. The van der Waals surface area contributed by atoms with Crippen LogP contribution in [-0.4, -0.2) is 41.9 Å². The molecule has 1 fully saturated rings. The van der Waals surface area contributed by atoms with Crippen molar-refractivity contribution in [3.05, 3.63) is 35.9 Å². The molecule has 1 heterocycles. The van der Waals surface area contributed by atoms with Gasteiger partial charge in [0.15, 0.2) is 5.78 Å². The van der Waals surface area contributed by atoms with Crippen molar-refractivity contribution in [2.75, 3.05) is 13.2 Å². The first-order valence-corrected chi connectivity index (χ1v) is 7.77. The minimum atomic E-state index is -0.595. The highest BCUT2D eigenvalue weighted by molar-refractivity contribution is 5.99. The van der Waals surface area contributed by atoms with Crippen molar-refractivity contribution in [1.82, 2.24) is 4.90 Å². The van der Waals surface area contributed by atoms with Crippen LogP contribution in [0, 0.1) is 0 Å². The summed E-state index contributed by atoms with van der Waals surface area (Å²) in [6.07, 6.45) is 0.452. The second-order valence-corrected chi connectivity index (χ2v) is 5.34. The molecule has 6 heteroatoms. The fraction of sp³-hybridized carbons (Fsp3) is 0.471. The minimum absolute atomic E-state index is 0.162. The number of carbonyl (C=O) groups excluding carboxylic acids is 3. The molecule has 0 radical (unpaired) electrons. The number of amides is 1. The van der Waals surface area contributed by atoms with E-state index in [2.05, 4.69) is 0 Å². The van der Waals surface area contributed by atoms with Gasteiger partial charge in [0.1, 0.15) is 13.0 Å². The van der Waals surface area contributed by atoms with Gasteiger partial charge in [-0.25, -0.2) is 4.79 Å². The maximum absolute atomic E-state index is 12.2. The number of hydrogen-bond acceptors (Lipinski definition) is 5. The lowest BCUT2D eigenvalue weighted by Gasteiger charge is -2.22. The van der Waals surface area contributed by atoms with Gasteiger partial charge in [0.05, 0.1) is 12.6 Å². The summed E-state index contributed by atoms with van der Waals surface area (Å²) >= 11 is 0. The van der Waals surface area contributed by atoms with Gasteiger partial charge in [-0.2, -0.15) is 0 Å². The number of likely N-dealkylation sites (tertiary alicyclic amines) is 1. The molecule has 6 nitrogen and oxygen atoms in total. The second kappa shape index (κ2) is 8.31. The predicted octanol–water partition coefficient (Wildman–Crippen LogP) is 2.31. The number of esters is 1. The summed E-state index contributed by atoms with van der Waals surface area (Å²) in [7, 11) is 0. The number of nitrogens with zero attached hydrogens (tertiary/aromatic N) is 1. The summed E-state index contributed by atoms with van der Waals surface area (Å²) in [5.74, 6) is -0.848. The quantitative estimate of drug-likeness (QED) is 0.594. The van der Waals surface area contributed by atoms with Gasteiger partial charge < -0.3 is 9.47 Å². The molecule has 0 bridgehead atoms. The van der Waals surface area contributed by atoms with E-state index in [4.69, 9.17) is 9.47 Å². The summed E-state index contributed by atoms with van der Waals surface area (Å²) in [6, 6.07) is 8.75. The lowest BCUT2D eigenvalue weighted by molar-refractivity contribution is -0.146. The number of Topliss-reactive ketones (excluding diaryl/α,β-unsaturated/α-hetero) is 1. The number of ether oxygens (including phenoxy) is 2. The summed E-state index contributed by atoms with van der Waals surface area (Å²) in [4.78, 5) is 37.2. The van der Waals surface area contributed by atoms with E-state index in [9.17, 15) is 14.4 Å². The Labute approximate surface area is 135 Å². The van der Waals surface area contributed by atoms with Gasteiger partial charge in [0.2, 0.25) is 0 Å². The molecular formula is C17H21NO5. The van der Waals surface area contributed by atoms with Gasteiger partial charge in [0, 0.05) is 6.54 Å². The first kappa shape index (κ1) is 17.0. The Hall–Kier alpha value is -2.37. The average Bonchev–Trinajstić information content (AvgIpc) is 3.03. The van der Waals surface area contributed by atoms with Crippen molar-refractivity contribution < 1.29 is 23.9 Å². The molecule has 1 aliphatic heterocycles. The van der Waals surface area contributed by atoms with Gasteiger partial charge >= 0.3 is 12.1 Å². The molecule has 2 rings (SSSR count). The van der Waals surface area contributed by atoms with Gasteiger partial charge in [-0.1, -0.05) is 30.3 Å². The third-order valence-corrected chi connectivity index (χ3v) is 3.69. The van der Waals surface area contributed by atoms with Crippen LogP contribution in [0.1, 0.15) is 31.7 Å². The zero-order valence-electron chi connectivity index (χ0n) is 13.2. The van der Waals surface area contributed by atoms with Gasteiger partial charge in [-0.3, -0.25) is 14.5 Å². The van der Waals surface area contributed by atoms with Crippen molar-refractivity contribution in [3.63, 3.8) is 0 Å². The molecule has 0 saturated carbocycles. The molecule has 1 amide bonds. The normalized spacial score (nSPS) is 16.9. The highest BCUT2D eigenvalue weighted by atomic mass is 16.6. The molecule has 23 heavy (non-hydrogen) atoms. The molecule has 0 N–H and O–H groups in total. The van der Waals surface area contributed by atoms with E-state index < -0.39 is 18.1 Å². The van der Waals surface area contributed by atoms with Crippen LogP contribution >= 0.6 is 0 Å². The molecule has 1 atom stereocenters. The summed E-state index contributed by atoms with van der Waals surface area (Å²) in [5.41, 5.74) is 0.884. The molecular weight excluding hydrogens is 298 g/mol. The Morgan fingerprint density at radius 1 is 1.17 bits per heavy atom. The number of hydrogen-bond donors (Lipinski definition) is 0. The number of rotatable bonds is 6. The van der Waals surface area contributed by atoms with Gasteiger partial charge in [-0.15, -0.1) is 0 Å². The third kappa shape index (κ3) is 4.81. The zero-order chi connectivity index (χ0) is 16.7. The van der Waals surface area contributed by atoms with Crippen molar-refractivity contribution >= 4 is 17.8 Å². The Morgan fingerprint density at radius 3 is 2.61 bits per heavy atom. The lowest BCUT2D eigenvalue weighted by atomic mass is 10.1. The molecule has 0 aliphatic carbocycles. The van der Waals surface area contributed by atoms with Crippen LogP contribution in [0.15, 0.2) is 30.3 Å². The number of benzene rings is 1. The monoisotopic (exact) mass is 319 g/mol. The largest absolute Gasteiger partial charge is 0.466 e. The SMILES string of the molecule is CCOC(=O)CC(=O)C1CCCN1C(=O)OCc1ccccc1. The molecule has 0 aromatic heterocycles. The zero-order valence-corrected chi connectivity index (χ0v) is 13.2. The highest BCUT2D eigenvalue weighted by Crippen LogP contribution is 2.21. The van der Waals surface area contributed by atoms with Crippen molar-refractivity contribution in [2.45, 2.75) is 38.8 Å². The number of ketones is 1. The van der Waals surface area contributed by atoms with Crippen molar-refractivity contribution in [1.29, 1.82) is 0 Å². The molecule has 1 unspecified atom stereocenters. The first-order chi connectivity index (χ1) is 11.1. The van der Waals surface area contributed by atoms with E-state index in [-0.39, 0.29) is 25.4 Å². The second-order valence-electron chi connectivity index (χ2n) is 5.34. The lowest BCUT2D eigenvalue weighted by Crippen LogP contribution is -2.41. The Morgan fingerprint density at radius 2 is 1.91 bits per heavy atom. The average molecular weight is 319 g/mol. The van der Waals surface area contributed by atoms with E-state index in [0.717, 1.165) is 12.0 Å². The fourth-order valence-corrected chi connectivity index (χ4v) is 2.59. The molecule has 0 spiro atoms. The minimum Gasteiger partial charge on any atom is -0.466 e. The fourth-order valence-electron chi connectivity index (χ4n) is 2.59. The van der Waals surface area contributed by atoms with E-state index >= 15 is 0 Å². The van der Waals surface area contributed by atoms with E-state index in [1.54, 1.807) is 6.92 Å². The van der Waals surface area contributed by atoms with Gasteiger partial charge in [-0.05, 0) is 25.3 Å². The summed E-state index contributed by atoms with van der Waals surface area (Å²) in [5, 5.41) is 0. The van der Waals surface area contributed by atoms with Crippen LogP contribution in [-0.2, 0) is 25.7 Å². The third-order valence-electron chi connectivity index (χ3n) is 3.69. The van der Waals surface area contributed by atoms with Crippen LogP contribution in [0.25, 0.3) is 0 Å². The van der Waals surface area contributed by atoms with Crippen LogP contribution in [0.2, 0.25) is 0 Å².